The Bertz CT molecular complexity index is 100.0. The molecule has 0 atom stereocenters. The minimum absolute atomic E-state index is 0. The minimum atomic E-state index is 0. The summed E-state index contributed by atoms with van der Waals surface area (Å²) in [6.45, 7) is 16.6. The van der Waals surface area contributed by atoms with E-state index >= 15 is 0 Å². The molecule has 0 nitrogen and oxygen atoms in total. The van der Waals surface area contributed by atoms with Crippen molar-refractivity contribution in [2.45, 2.75) is 41.5 Å². The van der Waals surface area contributed by atoms with Crippen molar-refractivity contribution >= 4 is 48.7 Å². The van der Waals surface area contributed by atoms with E-state index in [1.165, 1.54) is 0 Å². The smallest absolute Gasteiger partial charge is 1.00 e. The zero-order chi connectivity index (χ0) is 11.7. The average Bonchev–Trinajstić information content (AvgIpc) is 1.87. The van der Waals surface area contributed by atoms with Crippen molar-refractivity contribution in [1.29, 1.82) is 0 Å². The topological polar surface area (TPSA) is 0 Å². The Morgan fingerprint density at radius 1 is 1.14 bits per heavy atom. The van der Waals surface area contributed by atoms with Gasteiger partial charge in [0.15, 0.2) is 0 Å². The Morgan fingerprint density at radius 3 is 1.21 bits per heavy atom. The Balaban J connectivity index is -0.0000000234. The summed E-state index contributed by atoms with van der Waals surface area (Å²) in [5.41, 5.74) is 0.708. The van der Waals surface area contributed by atoms with E-state index < -0.39 is 0 Å². The SMILES string of the molecule is CC(C)(C)CBr.[CH2-]C(C)(C)C.[Cl][Zn+].[H-].[H-].[Mg+2]. The Morgan fingerprint density at radius 2 is 1.21 bits per heavy atom. The van der Waals surface area contributed by atoms with Crippen LogP contribution in [0.15, 0.2) is 0 Å². The minimum Gasteiger partial charge on any atom is -1.00 e. The van der Waals surface area contributed by atoms with Crippen LogP contribution in [0.25, 0.3) is 0 Å². The molecule has 0 heterocycles. The van der Waals surface area contributed by atoms with E-state index in [1.54, 1.807) is 0 Å². The molecule has 0 N–H and O–H groups in total. The second kappa shape index (κ2) is 13.2. The van der Waals surface area contributed by atoms with Gasteiger partial charge in [-0.3, -0.25) is 0 Å². The summed E-state index contributed by atoms with van der Waals surface area (Å²) >= 11 is 4.22. The number of halogens is 2. The summed E-state index contributed by atoms with van der Waals surface area (Å²) in [6.07, 6.45) is 0. The van der Waals surface area contributed by atoms with Gasteiger partial charge in [0.1, 0.15) is 0 Å². The largest absolute Gasteiger partial charge is 2.00 e. The van der Waals surface area contributed by atoms with Crippen LogP contribution in [0.2, 0.25) is 0 Å². The van der Waals surface area contributed by atoms with E-state index in [0.717, 1.165) is 22.6 Å². The number of rotatable bonds is 0. The fraction of sp³-hybridized carbons (Fsp3) is 0.900. The van der Waals surface area contributed by atoms with E-state index in [4.69, 9.17) is 9.69 Å². The molecular formula is C10H24BrClMgZn. The van der Waals surface area contributed by atoms with Gasteiger partial charge in [-0.1, -0.05) is 57.5 Å². The van der Waals surface area contributed by atoms with Crippen LogP contribution in [-0.2, 0) is 17.3 Å². The second-order valence-electron chi connectivity index (χ2n) is 5.25. The third kappa shape index (κ3) is 92.1. The molecule has 0 aromatic carbocycles. The van der Waals surface area contributed by atoms with Crippen LogP contribution >= 0.6 is 25.6 Å². The van der Waals surface area contributed by atoms with E-state index in [9.17, 15) is 0 Å². The average molecular weight is 349 g/mol. The Hall–Kier alpha value is 2.16. The van der Waals surface area contributed by atoms with Gasteiger partial charge in [-0.2, -0.15) is 5.41 Å². The fourth-order valence-electron chi connectivity index (χ4n) is 0. The van der Waals surface area contributed by atoms with Gasteiger partial charge in [0.05, 0.1) is 0 Å². The molecule has 0 aromatic rings. The summed E-state index contributed by atoms with van der Waals surface area (Å²) in [5.74, 6) is 0. The predicted octanol–water partition coefficient (Wildman–Crippen LogP) is 4.83. The molecule has 0 aliphatic rings. The molecule has 0 amide bonds. The standard InChI is InChI=1S/C5H11Br.C5H11.ClH.Mg.Zn.2H/c1-5(2,3)4-6;1-5(2,3)4;;;;;/h4H2,1-3H3;1H2,2-4H3;1H;;;;/q;-1;;2*+2;2*-1/p-1. The second-order valence-corrected chi connectivity index (χ2v) is 5.82. The molecular weight excluding hydrogens is 325 g/mol. The van der Waals surface area contributed by atoms with Gasteiger partial charge >= 0.3 is 50.1 Å². The Kier molecular flexibility index (Phi) is 23.7. The van der Waals surface area contributed by atoms with Crippen LogP contribution in [0.5, 0.6) is 0 Å². The first-order chi connectivity index (χ1) is 5.56. The van der Waals surface area contributed by atoms with Crippen molar-refractivity contribution in [3.63, 3.8) is 0 Å². The molecule has 0 aliphatic carbocycles. The summed E-state index contributed by atoms with van der Waals surface area (Å²) < 4.78 is 0. The zero-order valence-corrected chi connectivity index (χ0v) is 17.3. The van der Waals surface area contributed by atoms with Gasteiger partial charge < -0.3 is 9.78 Å². The van der Waals surface area contributed by atoms with Crippen LogP contribution in [0.4, 0.5) is 0 Å². The maximum atomic E-state index is 4.76. The predicted molar refractivity (Wildman–Crippen MR) is 71.9 cm³/mol. The van der Waals surface area contributed by atoms with Crippen LogP contribution in [-0.4, -0.2) is 28.4 Å². The molecule has 4 heteroatoms. The van der Waals surface area contributed by atoms with Crippen LogP contribution in [0, 0.1) is 17.8 Å². The van der Waals surface area contributed by atoms with Crippen molar-refractivity contribution in [1.82, 2.24) is 0 Å². The van der Waals surface area contributed by atoms with Crippen LogP contribution < -0.4 is 0 Å². The molecule has 0 saturated carbocycles. The van der Waals surface area contributed by atoms with E-state index in [2.05, 4.69) is 64.4 Å². The van der Waals surface area contributed by atoms with Gasteiger partial charge in [0, 0.05) is 5.33 Å². The van der Waals surface area contributed by atoms with Crippen molar-refractivity contribution in [3.05, 3.63) is 6.92 Å². The molecule has 0 unspecified atom stereocenters. The van der Waals surface area contributed by atoms with Crippen molar-refractivity contribution in [3.8, 4) is 0 Å². The molecule has 0 fully saturated rings. The van der Waals surface area contributed by atoms with Crippen LogP contribution in [0.1, 0.15) is 44.4 Å². The monoisotopic (exact) mass is 346 g/mol. The molecule has 0 saturated heterocycles. The normalized spacial score (nSPS) is 9.93. The third-order valence-corrected chi connectivity index (χ3v) is 2.08. The summed E-state index contributed by atoms with van der Waals surface area (Å²) in [5, 5.41) is 1.08. The van der Waals surface area contributed by atoms with Gasteiger partial charge in [0.25, 0.3) is 0 Å². The van der Waals surface area contributed by atoms with Gasteiger partial charge in [-0.05, 0) is 5.41 Å². The zero-order valence-electron chi connectivity index (χ0n) is 12.6. The maximum Gasteiger partial charge on any atom is 2.00 e. The molecule has 0 aromatic heterocycles. The maximum absolute atomic E-state index is 4.76. The van der Waals surface area contributed by atoms with Crippen LogP contribution in [0.3, 0.4) is 0 Å². The molecule has 0 radical (unpaired) electrons. The van der Waals surface area contributed by atoms with Gasteiger partial charge in [-0.25, -0.2) is 0 Å². The third-order valence-electron chi connectivity index (χ3n) is 0.401. The Labute approximate surface area is 132 Å². The molecule has 0 rings (SSSR count). The van der Waals surface area contributed by atoms with Crippen molar-refractivity contribution in [2.75, 3.05) is 5.33 Å². The van der Waals surface area contributed by atoms with E-state index in [-0.39, 0.29) is 31.3 Å². The quantitative estimate of drug-likeness (QED) is 0.334. The van der Waals surface area contributed by atoms with Crippen molar-refractivity contribution in [2.24, 2.45) is 10.8 Å². The fourth-order valence-corrected chi connectivity index (χ4v) is 0. The first-order valence-electron chi connectivity index (χ1n) is 4.24. The summed E-state index contributed by atoms with van der Waals surface area (Å²) in [6, 6.07) is 0. The molecule has 0 spiro atoms. The number of alkyl halides is 1. The summed E-state index contributed by atoms with van der Waals surface area (Å²) in [4.78, 5) is 0. The first kappa shape index (κ1) is 25.1. The molecule has 14 heavy (non-hydrogen) atoms. The molecule has 82 valence electrons. The van der Waals surface area contributed by atoms with E-state index in [1.807, 2.05) is 0 Å². The summed E-state index contributed by atoms with van der Waals surface area (Å²) in [7, 11) is 4.76. The number of hydrogen-bond acceptors (Lipinski definition) is 0. The molecule has 0 aliphatic heterocycles. The van der Waals surface area contributed by atoms with Crippen molar-refractivity contribution < 1.29 is 20.2 Å². The number of hydrogen-bond donors (Lipinski definition) is 0. The van der Waals surface area contributed by atoms with Gasteiger partial charge in [0.2, 0.25) is 0 Å². The van der Waals surface area contributed by atoms with Gasteiger partial charge in [-0.15, -0.1) is 0 Å². The van der Waals surface area contributed by atoms with E-state index in [0.29, 0.717) is 5.41 Å². The molecule has 0 bridgehead atoms. The first-order valence-corrected chi connectivity index (χ1v) is 9.26.